The van der Waals surface area contributed by atoms with E-state index in [0.717, 1.165) is 0 Å². The van der Waals surface area contributed by atoms with Gasteiger partial charge in [-0.2, -0.15) is 0 Å². The maximum Gasteiger partial charge on any atom is 0.407 e. The second-order valence-electron chi connectivity index (χ2n) is 5.39. The first kappa shape index (κ1) is 19.5. The van der Waals surface area contributed by atoms with Crippen molar-refractivity contribution in [3.8, 4) is 0 Å². The highest BCUT2D eigenvalue weighted by Crippen LogP contribution is 2.06. The molecule has 0 aromatic carbocycles. The SMILES string of the molecule is CC(C)(C)OC(=O)NCCCNS(=O)(=O)CCCCCl. The van der Waals surface area contributed by atoms with Crippen LogP contribution >= 0.6 is 11.6 Å². The van der Waals surface area contributed by atoms with Gasteiger partial charge in [-0.3, -0.25) is 0 Å². The van der Waals surface area contributed by atoms with Crippen LogP contribution in [0.1, 0.15) is 40.0 Å². The average molecular weight is 329 g/mol. The summed E-state index contributed by atoms with van der Waals surface area (Å²) in [5.41, 5.74) is -0.534. The topological polar surface area (TPSA) is 84.5 Å². The molecule has 0 saturated heterocycles. The highest BCUT2D eigenvalue weighted by atomic mass is 35.5. The number of hydrogen-bond acceptors (Lipinski definition) is 4. The Labute approximate surface area is 126 Å². The maximum atomic E-state index is 11.5. The lowest BCUT2D eigenvalue weighted by Crippen LogP contribution is -2.34. The lowest BCUT2D eigenvalue weighted by molar-refractivity contribution is 0.0527. The quantitative estimate of drug-likeness (QED) is 0.499. The normalized spacial score (nSPS) is 12.2. The van der Waals surface area contributed by atoms with Gasteiger partial charge in [0.05, 0.1) is 5.75 Å². The van der Waals surface area contributed by atoms with Gasteiger partial charge in [0.1, 0.15) is 5.60 Å². The van der Waals surface area contributed by atoms with E-state index in [2.05, 4.69) is 10.0 Å². The minimum Gasteiger partial charge on any atom is -0.444 e. The Morgan fingerprint density at radius 3 is 2.35 bits per heavy atom. The van der Waals surface area contributed by atoms with Crippen LogP contribution in [0.3, 0.4) is 0 Å². The van der Waals surface area contributed by atoms with Gasteiger partial charge < -0.3 is 10.1 Å². The molecule has 0 bridgehead atoms. The Balaban J connectivity index is 3.68. The number of sulfonamides is 1. The van der Waals surface area contributed by atoms with E-state index in [4.69, 9.17) is 16.3 Å². The van der Waals surface area contributed by atoms with Gasteiger partial charge in [0.25, 0.3) is 0 Å². The zero-order valence-corrected chi connectivity index (χ0v) is 13.9. The molecule has 0 spiro atoms. The minimum absolute atomic E-state index is 0.0826. The second-order valence-corrected chi connectivity index (χ2v) is 7.70. The zero-order valence-electron chi connectivity index (χ0n) is 12.4. The fraction of sp³-hybridized carbons (Fsp3) is 0.917. The third-order valence-corrected chi connectivity index (χ3v) is 3.88. The first-order chi connectivity index (χ1) is 9.16. The number of hydrogen-bond donors (Lipinski definition) is 2. The molecule has 0 fully saturated rings. The summed E-state index contributed by atoms with van der Waals surface area (Å²) in [5.74, 6) is 0.550. The monoisotopic (exact) mass is 328 g/mol. The van der Waals surface area contributed by atoms with E-state index in [1.54, 1.807) is 20.8 Å². The van der Waals surface area contributed by atoms with Crippen molar-refractivity contribution in [3.63, 3.8) is 0 Å². The Kier molecular flexibility index (Phi) is 9.16. The van der Waals surface area contributed by atoms with Crippen molar-refractivity contribution in [1.29, 1.82) is 0 Å². The molecule has 1 amide bonds. The van der Waals surface area contributed by atoms with Crippen LogP contribution in [0, 0.1) is 0 Å². The van der Waals surface area contributed by atoms with Crippen LogP contribution in [0.15, 0.2) is 0 Å². The van der Waals surface area contributed by atoms with Crippen LogP contribution in [0.25, 0.3) is 0 Å². The fourth-order valence-corrected chi connectivity index (χ4v) is 2.65. The number of carbonyl (C=O) groups is 1. The average Bonchev–Trinajstić information content (AvgIpc) is 2.26. The Morgan fingerprint density at radius 1 is 1.15 bits per heavy atom. The summed E-state index contributed by atoms with van der Waals surface area (Å²) in [6.07, 6.45) is 1.24. The van der Waals surface area contributed by atoms with Crippen LogP contribution in [0.5, 0.6) is 0 Å². The van der Waals surface area contributed by atoms with Gasteiger partial charge in [-0.15, -0.1) is 11.6 Å². The van der Waals surface area contributed by atoms with Gasteiger partial charge >= 0.3 is 6.09 Å². The lowest BCUT2D eigenvalue weighted by Gasteiger charge is -2.19. The maximum absolute atomic E-state index is 11.5. The highest BCUT2D eigenvalue weighted by molar-refractivity contribution is 7.89. The molecule has 0 aliphatic carbocycles. The number of amides is 1. The highest BCUT2D eigenvalue weighted by Gasteiger charge is 2.15. The van der Waals surface area contributed by atoms with Crippen LogP contribution < -0.4 is 10.0 Å². The number of carbonyl (C=O) groups excluding carboxylic acids is 1. The molecule has 0 radical (unpaired) electrons. The first-order valence-corrected chi connectivity index (χ1v) is 8.85. The molecule has 0 atom stereocenters. The summed E-state index contributed by atoms with van der Waals surface area (Å²) in [6, 6.07) is 0. The van der Waals surface area contributed by atoms with Crippen LogP contribution in [-0.4, -0.2) is 44.8 Å². The number of unbranched alkanes of at least 4 members (excludes halogenated alkanes) is 1. The molecule has 0 saturated carbocycles. The molecular formula is C12H25ClN2O4S. The summed E-state index contributed by atoms with van der Waals surface area (Å²) < 4.78 is 30.6. The number of ether oxygens (including phenoxy) is 1. The van der Waals surface area contributed by atoms with Crippen molar-refractivity contribution in [3.05, 3.63) is 0 Å². The van der Waals surface area contributed by atoms with Gasteiger partial charge in [0.2, 0.25) is 10.0 Å². The van der Waals surface area contributed by atoms with Gasteiger partial charge in [-0.05, 0) is 40.0 Å². The van der Waals surface area contributed by atoms with Crippen molar-refractivity contribution in [2.75, 3.05) is 24.7 Å². The molecule has 0 unspecified atom stereocenters. The molecule has 0 aliphatic heterocycles. The summed E-state index contributed by atoms with van der Waals surface area (Å²) in [5, 5.41) is 2.56. The summed E-state index contributed by atoms with van der Waals surface area (Å²) in [7, 11) is -3.24. The van der Waals surface area contributed by atoms with E-state index in [1.165, 1.54) is 0 Å². The van der Waals surface area contributed by atoms with E-state index in [0.29, 0.717) is 38.2 Å². The van der Waals surface area contributed by atoms with Crippen molar-refractivity contribution >= 4 is 27.7 Å². The van der Waals surface area contributed by atoms with E-state index < -0.39 is 21.7 Å². The van der Waals surface area contributed by atoms with Crippen molar-refractivity contribution in [2.24, 2.45) is 0 Å². The smallest absolute Gasteiger partial charge is 0.407 e. The van der Waals surface area contributed by atoms with Crippen molar-refractivity contribution in [2.45, 2.75) is 45.6 Å². The number of nitrogens with one attached hydrogen (secondary N) is 2. The van der Waals surface area contributed by atoms with E-state index in [-0.39, 0.29) is 5.75 Å². The second kappa shape index (κ2) is 9.41. The molecule has 0 aromatic heterocycles. The fourth-order valence-electron chi connectivity index (χ4n) is 1.28. The first-order valence-electron chi connectivity index (χ1n) is 6.66. The number of alkyl carbamates (subject to hydrolysis) is 1. The molecule has 0 aromatic rings. The molecule has 0 aliphatic rings. The van der Waals surface area contributed by atoms with Gasteiger partial charge in [-0.1, -0.05) is 0 Å². The Bertz CT molecular complexity index is 379. The summed E-state index contributed by atoms with van der Waals surface area (Å²) in [6.45, 7) is 5.99. The lowest BCUT2D eigenvalue weighted by atomic mass is 10.2. The molecule has 0 rings (SSSR count). The molecule has 6 nitrogen and oxygen atoms in total. The predicted molar refractivity (Wildman–Crippen MR) is 80.6 cm³/mol. The van der Waals surface area contributed by atoms with Crippen LogP contribution in [-0.2, 0) is 14.8 Å². The Hall–Kier alpha value is -0.530. The van der Waals surface area contributed by atoms with Crippen LogP contribution in [0.2, 0.25) is 0 Å². The zero-order chi connectivity index (χ0) is 15.6. The molecule has 0 heterocycles. The third-order valence-electron chi connectivity index (χ3n) is 2.14. The largest absolute Gasteiger partial charge is 0.444 e. The molecule has 2 N–H and O–H groups in total. The molecule has 20 heavy (non-hydrogen) atoms. The summed E-state index contributed by atoms with van der Waals surface area (Å²) >= 11 is 5.48. The molecule has 120 valence electrons. The van der Waals surface area contributed by atoms with Gasteiger partial charge in [0.15, 0.2) is 0 Å². The van der Waals surface area contributed by atoms with E-state index >= 15 is 0 Å². The third kappa shape index (κ3) is 12.5. The van der Waals surface area contributed by atoms with Crippen molar-refractivity contribution < 1.29 is 17.9 Å². The van der Waals surface area contributed by atoms with Crippen molar-refractivity contribution in [1.82, 2.24) is 10.0 Å². The minimum atomic E-state index is -3.24. The van der Waals surface area contributed by atoms with Gasteiger partial charge in [-0.25, -0.2) is 17.9 Å². The summed E-state index contributed by atoms with van der Waals surface area (Å²) in [4.78, 5) is 11.3. The Morgan fingerprint density at radius 2 is 1.80 bits per heavy atom. The number of rotatable bonds is 9. The standard InChI is InChI=1S/C12H25ClN2O4S/c1-12(2,3)19-11(16)14-8-6-9-15-20(17,18)10-5-4-7-13/h15H,4-10H2,1-3H3,(H,14,16). The predicted octanol–water partition coefficient (Wildman–Crippen LogP) is 1.84. The van der Waals surface area contributed by atoms with E-state index in [9.17, 15) is 13.2 Å². The number of halogens is 1. The molecule has 8 heteroatoms. The van der Waals surface area contributed by atoms with E-state index in [1.807, 2.05) is 0 Å². The van der Waals surface area contributed by atoms with Gasteiger partial charge in [0, 0.05) is 19.0 Å². The number of alkyl halides is 1. The van der Waals surface area contributed by atoms with Crippen LogP contribution in [0.4, 0.5) is 4.79 Å². The molecular weight excluding hydrogens is 304 g/mol.